The number of hydrogen-bond acceptors (Lipinski definition) is 6. The van der Waals surface area contributed by atoms with Gasteiger partial charge in [-0.2, -0.15) is 0 Å². The van der Waals surface area contributed by atoms with Crippen molar-refractivity contribution in [2.75, 3.05) is 5.32 Å². The smallest absolute Gasteiger partial charge is 0.259 e. The highest BCUT2D eigenvalue weighted by Crippen LogP contribution is 2.29. The van der Waals surface area contributed by atoms with Crippen LogP contribution in [0.25, 0.3) is 33.3 Å². The summed E-state index contributed by atoms with van der Waals surface area (Å²) >= 11 is 1.47. The average Bonchev–Trinajstić information content (AvgIpc) is 3.42. The predicted octanol–water partition coefficient (Wildman–Crippen LogP) is 7.44. The molecule has 0 aliphatic rings. The second-order valence-corrected chi connectivity index (χ2v) is 9.98. The highest BCUT2D eigenvalue weighted by Gasteiger charge is 2.21. The standard InChI is InChI=1S/C31H29N5OS/c1-4-5-7-11-21(2)36-26(22(3)35-29-28-30(33-19-32-29)38-20-34-28)18-25-15-10-14-24(27(25)31(36)37)17-16-23-12-8-6-9-13-23/h4-10,12-22H,1,11H2,2-3H3,(H,32,33,35)/b7-5-,17-16+/t21?,22-/m0/s1. The Balaban J connectivity index is 1.63. The van der Waals surface area contributed by atoms with E-state index in [0.717, 1.165) is 32.6 Å². The van der Waals surface area contributed by atoms with Crippen LogP contribution in [0.1, 0.15) is 49.2 Å². The molecular weight excluding hydrogens is 490 g/mol. The van der Waals surface area contributed by atoms with Crippen LogP contribution in [0.3, 0.4) is 0 Å². The van der Waals surface area contributed by atoms with Crippen LogP contribution in [0, 0.1) is 0 Å². The van der Waals surface area contributed by atoms with Gasteiger partial charge in [0.1, 0.15) is 16.7 Å². The van der Waals surface area contributed by atoms with Gasteiger partial charge in [0.05, 0.1) is 16.9 Å². The fraction of sp³-hybridized carbons (Fsp3) is 0.161. The molecule has 5 aromatic rings. The number of nitrogens with zero attached hydrogens (tertiary/aromatic N) is 4. The lowest BCUT2D eigenvalue weighted by Gasteiger charge is -2.25. The molecule has 0 saturated carbocycles. The van der Waals surface area contributed by atoms with Crippen molar-refractivity contribution in [2.24, 2.45) is 0 Å². The number of rotatable bonds is 9. The normalized spacial score (nSPS) is 13.4. The third-order valence-electron chi connectivity index (χ3n) is 6.52. The molecule has 1 N–H and O–H groups in total. The topological polar surface area (TPSA) is 72.7 Å². The summed E-state index contributed by atoms with van der Waals surface area (Å²) in [5.74, 6) is 0.654. The van der Waals surface area contributed by atoms with E-state index < -0.39 is 0 Å². The van der Waals surface area contributed by atoms with Crippen molar-refractivity contribution in [1.82, 2.24) is 19.5 Å². The summed E-state index contributed by atoms with van der Waals surface area (Å²) in [5.41, 5.74) is 5.34. The molecule has 0 aliphatic carbocycles. The molecule has 6 nitrogen and oxygen atoms in total. The molecule has 38 heavy (non-hydrogen) atoms. The molecular formula is C31H29N5OS. The Bertz CT molecular complexity index is 1700. The summed E-state index contributed by atoms with van der Waals surface area (Å²) < 4.78 is 1.91. The van der Waals surface area contributed by atoms with Gasteiger partial charge in [0.25, 0.3) is 5.56 Å². The van der Waals surface area contributed by atoms with Gasteiger partial charge in [-0.3, -0.25) is 4.79 Å². The third kappa shape index (κ3) is 5.19. The van der Waals surface area contributed by atoms with E-state index in [1.807, 2.05) is 84.3 Å². The van der Waals surface area contributed by atoms with E-state index in [9.17, 15) is 4.79 Å². The number of pyridine rings is 1. The lowest BCUT2D eigenvalue weighted by molar-refractivity contribution is 0.507. The zero-order valence-electron chi connectivity index (χ0n) is 21.4. The Morgan fingerprint density at radius 2 is 1.89 bits per heavy atom. The molecule has 5 rings (SSSR count). The van der Waals surface area contributed by atoms with E-state index in [1.165, 1.54) is 17.7 Å². The van der Waals surface area contributed by atoms with Gasteiger partial charge in [0, 0.05) is 11.7 Å². The predicted molar refractivity (Wildman–Crippen MR) is 159 cm³/mol. The van der Waals surface area contributed by atoms with Crippen LogP contribution in [0.15, 0.2) is 96.0 Å². The van der Waals surface area contributed by atoms with Crippen molar-refractivity contribution in [3.8, 4) is 0 Å². The van der Waals surface area contributed by atoms with E-state index in [4.69, 9.17) is 0 Å². The lowest BCUT2D eigenvalue weighted by atomic mass is 10.0. The van der Waals surface area contributed by atoms with E-state index >= 15 is 0 Å². The summed E-state index contributed by atoms with van der Waals surface area (Å²) in [6.45, 7) is 7.89. The van der Waals surface area contributed by atoms with Crippen LogP contribution in [0.4, 0.5) is 5.82 Å². The van der Waals surface area contributed by atoms with Crippen LogP contribution in [-0.4, -0.2) is 19.5 Å². The summed E-state index contributed by atoms with van der Waals surface area (Å²) in [7, 11) is 0. The minimum Gasteiger partial charge on any atom is -0.360 e. The van der Waals surface area contributed by atoms with Gasteiger partial charge in [-0.15, -0.1) is 11.3 Å². The number of nitrogens with one attached hydrogen (secondary N) is 1. The molecule has 0 fully saturated rings. The number of thiazole rings is 1. The van der Waals surface area contributed by atoms with Crippen LogP contribution in [-0.2, 0) is 0 Å². The molecule has 7 heteroatoms. The largest absolute Gasteiger partial charge is 0.360 e. The van der Waals surface area contributed by atoms with Crippen molar-refractivity contribution >= 4 is 50.4 Å². The first-order valence-electron chi connectivity index (χ1n) is 12.6. The summed E-state index contributed by atoms with van der Waals surface area (Å²) in [5, 5.41) is 5.10. The first-order chi connectivity index (χ1) is 18.6. The lowest BCUT2D eigenvalue weighted by Crippen LogP contribution is -2.29. The van der Waals surface area contributed by atoms with Crippen molar-refractivity contribution in [3.05, 3.63) is 118 Å². The molecule has 190 valence electrons. The Kier molecular flexibility index (Phi) is 7.56. The summed E-state index contributed by atoms with van der Waals surface area (Å²) in [6.07, 6.45) is 12.0. The van der Waals surface area contributed by atoms with Crippen LogP contribution in [0.2, 0.25) is 0 Å². The summed E-state index contributed by atoms with van der Waals surface area (Å²) in [6, 6.07) is 17.9. The fourth-order valence-corrected chi connectivity index (χ4v) is 5.28. The first kappa shape index (κ1) is 25.3. The molecule has 1 unspecified atom stereocenters. The molecule has 0 bridgehead atoms. The average molecular weight is 520 g/mol. The number of anilines is 1. The SMILES string of the molecule is C=C/C=C\CC(C)n1c([C@H](C)Nc2ncnc3scnc23)cc2cccc(/C=C/c3ccccc3)c2c1=O. The van der Waals surface area contributed by atoms with Crippen LogP contribution >= 0.6 is 11.3 Å². The number of allylic oxidation sites excluding steroid dienone is 3. The second-order valence-electron chi connectivity index (χ2n) is 9.14. The first-order valence-corrected chi connectivity index (χ1v) is 13.4. The molecule has 0 saturated heterocycles. The molecule has 0 radical (unpaired) electrons. The zero-order chi connectivity index (χ0) is 26.5. The zero-order valence-corrected chi connectivity index (χ0v) is 22.2. The Hall–Kier alpha value is -4.36. The Morgan fingerprint density at radius 1 is 1.05 bits per heavy atom. The van der Waals surface area contributed by atoms with Gasteiger partial charge in [0.2, 0.25) is 0 Å². The minimum absolute atomic E-state index is 0.0135. The van der Waals surface area contributed by atoms with Gasteiger partial charge < -0.3 is 9.88 Å². The van der Waals surface area contributed by atoms with Crippen LogP contribution in [0.5, 0.6) is 0 Å². The second kappa shape index (κ2) is 11.4. The van der Waals surface area contributed by atoms with Crippen LogP contribution < -0.4 is 10.9 Å². The maximum Gasteiger partial charge on any atom is 0.259 e. The van der Waals surface area contributed by atoms with Gasteiger partial charge in [0.15, 0.2) is 5.82 Å². The van der Waals surface area contributed by atoms with Crippen molar-refractivity contribution in [1.29, 1.82) is 0 Å². The van der Waals surface area contributed by atoms with Gasteiger partial charge in [-0.05, 0) is 42.8 Å². The molecule has 3 heterocycles. The third-order valence-corrected chi connectivity index (χ3v) is 7.25. The molecule has 2 aromatic carbocycles. The quantitative estimate of drug-likeness (QED) is 0.162. The van der Waals surface area contributed by atoms with Crippen molar-refractivity contribution < 1.29 is 0 Å². The van der Waals surface area contributed by atoms with Gasteiger partial charge in [-0.25, -0.2) is 15.0 Å². The van der Waals surface area contributed by atoms with E-state index in [-0.39, 0.29) is 17.6 Å². The van der Waals surface area contributed by atoms with Gasteiger partial charge >= 0.3 is 0 Å². The van der Waals surface area contributed by atoms with E-state index in [1.54, 1.807) is 11.6 Å². The molecule has 3 aromatic heterocycles. The monoisotopic (exact) mass is 519 g/mol. The number of aromatic nitrogens is 4. The van der Waals surface area contributed by atoms with Crippen molar-refractivity contribution in [2.45, 2.75) is 32.4 Å². The highest BCUT2D eigenvalue weighted by molar-refractivity contribution is 7.16. The highest BCUT2D eigenvalue weighted by atomic mass is 32.1. The maximum absolute atomic E-state index is 14.2. The molecule has 0 aliphatic heterocycles. The summed E-state index contributed by atoms with van der Waals surface area (Å²) in [4.78, 5) is 28.2. The van der Waals surface area contributed by atoms with Crippen molar-refractivity contribution in [3.63, 3.8) is 0 Å². The molecule has 0 spiro atoms. The minimum atomic E-state index is -0.207. The Labute approximate surface area is 225 Å². The number of hydrogen-bond donors (Lipinski definition) is 1. The van der Waals surface area contributed by atoms with E-state index in [2.05, 4.69) is 39.8 Å². The Morgan fingerprint density at radius 3 is 2.71 bits per heavy atom. The van der Waals surface area contributed by atoms with E-state index in [0.29, 0.717) is 17.6 Å². The van der Waals surface area contributed by atoms with Gasteiger partial charge in [-0.1, -0.05) is 85.5 Å². The maximum atomic E-state index is 14.2. The number of fused-ring (bicyclic) bond motifs is 2. The number of benzene rings is 2. The fourth-order valence-electron chi connectivity index (χ4n) is 4.66. The molecule has 0 amide bonds. The molecule has 2 atom stereocenters.